The predicted octanol–water partition coefficient (Wildman–Crippen LogP) is 3.85. The van der Waals surface area contributed by atoms with E-state index in [9.17, 15) is 17.2 Å². The van der Waals surface area contributed by atoms with Gasteiger partial charge in [0.2, 0.25) is 5.88 Å². The highest BCUT2D eigenvalue weighted by atomic mass is 35.5. The smallest absolute Gasteiger partial charge is 0.267 e. The molecule has 0 radical (unpaired) electrons. The third-order valence-corrected chi connectivity index (χ3v) is 4.37. The molecule has 0 spiro atoms. The SMILES string of the molecule is CC(C)COc1ncc(Cl)cc1S(=O)(=O)Nc1ccc(F)cc1F. The van der Waals surface area contributed by atoms with Gasteiger partial charge in [0.1, 0.15) is 11.6 Å². The lowest BCUT2D eigenvalue weighted by molar-refractivity contribution is 0.254. The molecule has 130 valence electrons. The van der Waals surface area contributed by atoms with Crippen molar-refractivity contribution >= 4 is 27.3 Å². The van der Waals surface area contributed by atoms with Gasteiger partial charge in [0, 0.05) is 12.3 Å². The molecule has 2 aromatic rings. The first kappa shape index (κ1) is 18.4. The molecule has 0 aliphatic rings. The zero-order valence-corrected chi connectivity index (χ0v) is 14.5. The summed E-state index contributed by atoms with van der Waals surface area (Å²) in [5.41, 5.74) is -0.397. The summed E-state index contributed by atoms with van der Waals surface area (Å²) in [4.78, 5) is 3.53. The largest absolute Gasteiger partial charge is 0.476 e. The first-order chi connectivity index (χ1) is 11.2. The number of aromatic nitrogens is 1. The van der Waals surface area contributed by atoms with Crippen LogP contribution in [0.25, 0.3) is 0 Å². The first-order valence-electron chi connectivity index (χ1n) is 6.95. The van der Waals surface area contributed by atoms with Gasteiger partial charge in [0.05, 0.1) is 17.3 Å². The molecule has 0 amide bonds. The summed E-state index contributed by atoms with van der Waals surface area (Å²) in [5.74, 6) is -1.87. The highest BCUT2D eigenvalue weighted by Crippen LogP contribution is 2.28. The molecule has 5 nitrogen and oxygen atoms in total. The molecule has 0 fully saturated rings. The molecule has 0 aliphatic heterocycles. The lowest BCUT2D eigenvalue weighted by atomic mass is 10.2. The van der Waals surface area contributed by atoms with Gasteiger partial charge in [0.15, 0.2) is 4.90 Å². The number of nitrogens with one attached hydrogen (secondary N) is 1. The number of halogens is 3. The van der Waals surface area contributed by atoms with Crippen molar-refractivity contribution in [1.29, 1.82) is 0 Å². The molecular formula is C15H15ClF2N2O3S. The van der Waals surface area contributed by atoms with Crippen molar-refractivity contribution in [2.24, 2.45) is 5.92 Å². The van der Waals surface area contributed by atoms with Gasteiger partial charge in [0.25, 0.3) is 10.0 Å². The van der Waals surface area contributed by atoms with Crippen molar-refractivity contribution in [3.8, 4) is 5.88 Å². The van der Waals surface area contributed by atoms with E-state index in [0.717, 1.165) is 18.2 Å². The van der Waals surface area contributed by atoms with Gasteiger partial charge in [-0.25, -0.2) is 22.2 Å². The molecule has 1 aromatic heterocycles. The first-order valence-corrected chi connectivity index (χ1v) is 8.81. The van der Waals surface area contributed by atoms with Crippen molar-refractivity contribution in [1.82, 2.24) is 4.98 Å². The maximum atomic E-state index is 13.7. The van der Waals surface area contributed by atoms with Crippen LogP contribution in [0.15, 0.2) is 35.4 Å². The minimum Gasteiger partial charge on any atom is -0.476 e. The number of rotatable bonds is 6. The van der Waals surface area contributed by atoms with Crippen LogP contribution in [0.3, 0.4) is 0 Å². The molecule has 1 aromatic carbocycles. The summed E-state index contributed by atoms with van der Waals surface area (Å²) in [6.45, 7) is 4.01. The van der Waals surface area contributed by atoms with Crippen LogP contribution in [0.4, 0.5) is 14.5 Å². The molecule has 24 heavy (non-hydrogen) atoms. The van der Waals surface area contributed by atoms with Crippen molar-refractivity contribution in [3.05, 3.63) is 47.1 Å². The fourth-order valence-electron chi connectivity index (χ4n) is 1.73. The lowest BCUT2D eigenvalue weighted by Gasteiger charge is -2.14. The Labute approximate surface area is 143 Å². The van der Waals surface area contributed by atoms with E-state index in [2.05, 4.69) is 4.98 Å². The standard InChI is InChI=1S/C15H15ClF2N2O3S/c1-9(2)8-23-15-14(5-10(16)7-19-15)24(21,22)20-13-4-3-11(17)6-12(13)18/h3-7,9,20H,8H2,1-2H3. The third-order valence-electron chi connectivity index (χ3n) is 2.80. The summed E-state index contributed by atoms with van der Waals surface area (Å²) in [6.07, 6.45) is 1.24. The van der Waals surface area contributed by atoms with Crippen LogP contribution in [-0.4, -0.2) is 20.0 Å². The summed E-state index contributed by atoms with van der Waals surface area (Å²) < 4.78 is 59.1. The number of pyridine rings is 1. The second-order valence-electron chi connectivity index (χ2n) is 5.39. The van der Waals surface area contributed by atoms with Gasteiger partial charge < -0.3 is 4.74 Å². The van der Waals surface area contributed by atoms with Crippen molar-refractivity contribution in [3.63, 3.8) is 0 Å². The van der Waals surface area contributed by atoms with Crippen molar-refractivity contribution < 1.29 is 21.9 Å². The molecule has 0 saturated heterocycles. The molecule has 2 rings (SSSR count). The Morgan fingerprint density at radius 1 is 1.29 bits per heavy atom. The van der Waals surface area contributed by atoms with Gasteiger partial charge in [-0.15, -0.1) is 0 Å². The molecule has 0 aliphatic carbocycles. The molecule has 1 N–H and O–H groups in total. The monoisotopic (exact) mass is 376 g/mol. The van der Waals surface area contributed by atoms with Crippen LogP contribution in [0.5, 0.6) is 5.88 Å². The quantitative estimate of drug-likeness (QED) is 0.831. The number of hydrogen-bond donors (Lipinski definition) is 1. The van der Waals surface area contributed by atoms with E-state index in [-0.39, 0.29) is 28.3 Å². The Hall–Kier alpha value is -1.93. The lowest BCUT2D eigenvalue weighted by Crippen LogP contribution is -2.17. The average molecular weight is 377 g/mol. The Morgan fingerprint density at radius 2 is 2.00 bits per heavy atom. The van der Waals surface area contributed by atoms with Gasteiger partial charge in [-0.2, -0.15) is 0 Å². The van der Waals surface area contributed by atoms with Gasteiger partial charge in [-0.05, 0) is 24.1 Å². The molecular weight excluding hydrogens is 362 g/mol. The maximum absolute atomic E-state index is 13.7. The van der Waals surface area contributed by atoms with E-state index in [1.807, 2.05) is 18.6 Å². The summed E-state index contributed by atoms with van der Waals surface area (Å²) in [5, 5.41) is 0.0758. The zero-order valence-electron chi connectivity index (χ0n) is 12.9. The summed E-state index contributed by atoms with van der Waals surface area (Å²) in [7, 11) is -4.23. The topological polar surface area (TPSA) is 68.3 Å². The van der Waals surface area contributed by atoms with Crippen LogP contribution >= 0.6 is 11.6 Å². The average Bonchev–Trinajstić information content (AvgIpc) is 2.48. The molecule has 0 saturated carbocycles. The Bertz CT molecular complexity index is 845. The van der Waals surface area contributed by atoms with Crippen LogP contribution in [0.2, 0.25) is 5.02 Å². The molecule has 9 heteroatoms. The van der Waals surface area contributed by atoms with E-state index in [0.29, 0.717) is 6.07 Å². The van der Waals surface area contributed by atoms with Crippen LogP contribution < -0.4 is 9.46 Å². The van der Waals surface area contributed by atoms with Crippen LogP contribution in [0.1, 0.15) is 13.8 Å². The summed E-state index contributed by atoms with van der Waals surface area (Å²) in [6, 6.07) is 3.64. The number of anilines is 1. The maximum Gasteiger partial charge on any atom is 0.267 e. The number of sulfonamides is 1. The minimum atomic E-state index is -4.23. The Morgan fingerprint density at radius 3 is 2.62 bits per heavy atom. The van der Waals surface area contributed by atoms with Gasteiger partial charge in [-0.3, -0.25) is 4.72 Å². The molecule has 0 atom stereocenters. The van der Waals surface area contributed by atoms with E-state index >= 15 is 0 Å². The number of nitrogens with zero attached hydrogens (tertiary/aromatic N) is 1. The normalized spacial score (nSPS) is 11.6. The zero-order chi connectivity index (χ0) is 17.9. The molecule has 1 heterocycles. The highest BCUT2D eigenvalue weighted by molar-refractivity contribution is 7.92. The van der Waals surface area contributed by atoms with E-state index in [4.69, 9.17) is 16.3 Å². The van der Waals surface area contributed by atoms with Crippen molar-refractivity contribution in [2.75, 3.05) is 11.3 Å². The van der Waals surface area contributed by atoms with E-state index in [1.54, 1.807) is 0 Å². The summed E-state index contributed by atoms with van der Waals surface area (Å²) >= 11 is 5.81. The second-order valence-corrected chi connectivity index (χ2v) is 7.48. The molecule has 0 unspecified atom stereocenters. The fraction of sp³-hybridized carbons (Fsp3) is 0.267. The van der Waals surface area contributed by atoms with Crippen LogP contribution in [0, 0.1) is 17.6 Å². The highest BCUT2D eigenvalue weighted by Gasteiger charge is 2.23. The van der Waals surface area contributed by atoms with E-state index < -0.39 is 27.3 Å². The Kier molecular flexibility index (Phi) is 5.61. The fourth-order valence-corrected chi connectivity index (χ4v) is 3.14. The number of hydrogen-bond acceptors (Lipinski definition) is 4. The second kappa shape index (κ2) is 7.31. The third kappa shape index (κ3) is 4.55. The van der Waals surface area contributed by atoms with Gasteiger partial charge in [-0.1, -0.05) is 25.4 Å². The van der Waals surface area contributed by atoms with Gasteiger partial charge >= 0.3 is 0 Å². The minimum absolute atomic E-state index is 0.0758. The predicted molar refractivity (Wildman–Crippen MR) is 86.7 cm³/mol. The number of benzene rings is 1. The van der Waals surface area contributed by atoms with Crippen LogP contribution in [-0.2, 0) is 10.0 Å². The van der Waals surface area contributed by atoms with Crippen molar-refractivity contribution in [2.45, 2.75) is 18.7 Å². The Balaban J connectivity index is 2.39. The van der Waals surface area contributed by atoms with E-state index in [1.165, 1.54) is 6.20 Å². The number of ether oxygens (including phenoxy) is 1. The molecule has 0 bridgehead atoms.